The maximum Gasteiger partial charge on any atom is 0.298 e. The summed E-state index contributed by atoms with van der Waals surface area (Å²) >= 11 is 5.97. The van der Waals surface area contributed by atoms with Crippen molar-refractivity contribution in [2.75, 3.05) is 70.0 Å². The van der Waals surface area contributed by atoms with Gasteiger partial charge in [-0.1, -0.05) is 11.6 Å². The Balaban J connectivity index is 0.000000275. The number of likely N-dealkylation sites (N-methyl/N-ethyl adjacent to an activating group) is 1. The van der Waals surface area contributed by atoms with E-state index in [2.05, 4.69) is 32.5 Å². The molecule has 0 saturated carbocycles. The number of nitrogens with one attached hydrogen (secondary N) is 1. The zero-order valence-corrected chi connectivity index (χ0v) is 16.8. The molecule has 0 atom stereocenters. The Morgan fingerprint density at radius 3 is 2.44 bits per heavy atom. The van der Waals surface area contributed by atoms with Crippen LogP contribution in [0, 0.1) is 0 Å². The van der Waals surface area contributed by atoms with Crippen molar-refractivity contribution in [3.8, 4) is 0 Å². The first-order chi connectivity index (χ1) is 11.6. The lowest BCUT2D eigenvalue weighted by atomic mass is 10.3. The summed E-state index contributed by atoms with van der Waals surface area (Å²) in [6.45, 7) is 8.79. The van der Waals surface area contributed by atoms with Crippen LogP contribution in [0.5, 0.6) is 0 Å². The Morgan fingerprint density at radius 2 is 1.88 bits per heavy atom. The zero-order valence-electron chi connectivity index (χ0n) is 14.5. The van der Waals surface area contributed by atoms with E-state index in [-0.39, 0.29) is 17.0 Å². The number of oxazole rings is 1. The molecule has 2 fully saturated rings. The molecule has 9 heteroatoms. The number of fused-ring (bicyclic) bond motifs is 1. The van der Waals surface area contributed by atoms with Crippen LogP contribution in [0.4, 0.5) is 11.7 Å². The van der Waals surface area contributed by atoms with Gasteiger partial charge in [0.15, 0.2) is 5.58 Å². The van der Waals surface area contributed by atoms with Crippen LogP contribution >= 0.6 is 11.6 Å². The van der Waals surface area contributed by atoms with Gasteiger partial charge < -0.3 is 47.6 Å². The predicted molar refractivity (Wildman–Crippen MR) is 97.7 cm³/mol. The number of quaternary nitrogens is 1. The second-order valence-corrected chi connectivity index (χ2v) is 6.65. The molecule has 2 aliphatic rings. The first-order valence-electron chi connectivity index (χ1n) is 8.45. The minimum atomic E-state index is 0. The van der Waals surface area contributed by atoms with Crippen molar-refractivity contribution in [1.29, 1.82) is 0 Å². The molecule has 5 N–H and O–H groups in total. The van der Waals surface area contributed by atoms with Gasteiger partial charge in [0, 0.05) is 45.3 Å². The van der Waals surface area contributed by atoms with Gasteiger partial charge in [0.1, 0.15) is 5.52 Å². The van der Waals surface area contributed by atoms with Gasteiger partial charge in [-0.3, -0.25) is 0 Å². The van der Waals surface area contributed by atoms with Crippen molar-refractivity contribution in [2.24, 2.45) is 0 Å². The number of halogens is 2. The summed E-state index contributed by atoms with van der Waals surface area (Å²) < 4.78 is 5.74. The van der Waals surface area contributed by atoms with E-state index >= 15 is 0 Å². The highest BCUT2D eigenvalue weighted by Gasteiger charge is 2.19. The molecule has 25 heavy (non-hydrogen) atoms. The lowest BCUT2D eigenvalue weighted by Gasteiger charge is -2.31. The molecule has 2 aliphatic heterocycles. The average Bonchev–Trinajstić information content (AvgIpc) is 3.01. The molecule has 2 aromatic rings. The molecule has 7 nitrogen and oxygen atoms in total. The lowest BCUT2D eigenvalue weighted by molar-refractivity contribution is -0.657. The molecular weight excluding hydrogens is 408 g/mol. The number of anilines is 2. The summed E-state index contributed by atoms with van der Waals surface area (Å²) in [6.07, 6.45) is 0. The van der Waals surface area contributed by atoms with Gasteiger partial charge in [0.2, 0.25) is 0 Å². The number of rotatable bonds is 1. The van der Waals surface area contributed by atoms with Crippen LogP contribution < -0.4 is 38.2 Å². The summed E-state index contributed by atoms with van der Waals surface area (Å²) in [5, 5.41) is 6.10. The number of piperazine rings is 2. The van der Waals surface area contributed by atoms with Crippen LogP contribution in [-0.4, -0.2) is 69.3 Å². The maximum atomic E-state index is 5.97. The molecule has 1 aromatic heterocycles. The molecule has 0 aliphatic carbocycles. The van der Waals surface area contributed by atoms with Gasteiger partial charge in [-0.15, -0.1) is 0 Å². The van der Waals surface area contributed by atoms with Crippen LogP contribution in [0.3, 0.4) is 0 Å². The normalized spacial score (nSPS) is 18.4. The van der Waals surface area contributed by atoms with Gasteiger partial charge in [-0.05, 0) is 13.1 Å². The SMILES string of the molecule is C1C[NH2+]CCN1.CN1CCN(c2nc3cc(Cl)c(N)cc3o2)CC1.[Br-]. The number of aromatic nitrogens is 1. The highest BCUT2D eigenvalue weighted by atomic mass is 79.9. The first kappa shape index (κ1) is 20.3. The molecule has 2 saturated heterocycles. The van der Waals surface area contributed by atoms with Crippen molar-refractivity contribution in [1.82, 2.24) is 15.2 Å². The van der Waals surface area contributed by atoms with E-state index in [1.807, 2.05) is 0 Å². The monoisotopic (exact) mass is 432 g/mol. The second kappa shape index (κ2) is 9.59. The summed E-state index contributed by atoms with van der Waals surface area (Å²) in [5.74, 6) is 0. The van der Waals surface area contributed by atoms with Crippen LogP contribution in [0.15, 0.2) is 16.5 Å². The van der Waals surface area contributed by atoms with Crippen LogP contribution in [0.25, 0.3) is 11.1 Å². The Morgan fingerprint density at radius 1 is 1.20 bits per heavy atom. The third kappa shape index (κ3) is 5.46. The predicted octanol–water partition coefficient (Wildman–Crippen LogP) is -3.03. The average molecular weight is 434 g/mol. The van der Waals surface area contributed by atoms with E-state index in [1.165, 1.54) is 26.2 Å². The fraction of sp³-hybridized carbons (Fsp3) is 0.562. The van der Waals surface area contributed by atoms with Crippen molar-refractivity contribution in [3.05, 3.63) is 17.2 Å². The molecule has 4 rings (SSSR count). The van der Waals surface area contributed by atoms with E-state index in [0.717, 1.165) is 31.7 Å². The highest BCUT2D eigenvalue weighted by Crippen LogP contribution is 2.29. The molecular formula is C16H26BrClN6O. The van der Waals surface area contributed by atoms with Gasteiger partial charge >= 0.3 is 0 Å². The van der Waals surface area contributed by atoms with Gasteiger partial charge in [0.05, 0.1) is 23.8 Å². The molecule has 140 valence electrons. The zero-order chi connectivity index (χ0) is 16.9. The van der Waals surface area contributed by atoms with Crippen molar-refractivity contribution < 1.29 is 26.7 Å². The number of hydrogen-bond acceptors (Lipinski definition) is 6. The quantitative estimate of drug-likeness (QED) is 0.415. The van der Waals surface area contributed by atoms with Gasteiger partial charge in [0.25, 0.3) is 6.01 Å². The smallest absolute Gasteiger partial charge is 0.298 e. The molecule has 0 amide bonds. The highest BCUT2D eigenvalue weighted by molar-refractivity contribution is 6.33. The third-order valence-electron chi connectivity index (χ3n) is 4.32. The number of benzene rings is 1. The first-order valence-corrected chi connectivity index (χ1v) is 8.83. The second-order valence-electron chi connectivity index (χ2n) is 6.24. The summed E-state index contributed by atoms with van der Waals surface area (Å²) in [6, 6.07) is 4.12. The van der Waals surface area contributed by atoms with E-state index < -0.39 is 0 Å². The van der Waals surface area contributed by atoms with Crippen LogP contribution in [0.1, 0.15) is 0 Å². The Kier molecular flexibility index (Phi) is 7.77. The molecule has 1 aromatic carbocycles. The molecule has 0 radical (unpaired) electrons. The Bertz CT molecular complexity index is 619. The number of nitrogens with zero attached hydrogens (tertiary/aromatic N) is 3. The van der Waals surface area contributed by atoms with Gasteiger partial charge in [-0.25, -0.2) is 0 Å². The molecule has 0 bridgehead atoms. The Hall–Kier alpha value is -1.06. The molecule has 0 unspecified atom stereocenters. The van der Waals surface area contributed by atoms with E-state index in [9.17, 15) is 0 Å². The minimum Gasteiger partial charge on any atom is -1.00 e. The lowest BCUT2D eigenvalue weighted by Crippen LogP contribution is -3.00. The topological polar surface area (TPSA) is 87.2 Å². The number of nitrogen functional groups attached to an aromatic ring is 1. The fourth-order valence-electron chi connectivity index (χ4n) is 2.76. The number of nitrogens with two attached hydrogens (primary N) is 2. The Labute approximate surface area is 163 Å². The fourth-order valence-corrected chi connectivity index (χ4v) is 2.92. The maximum absolute atomic E-state index is 5.97. The van der Waals surface area contributed by atoms with Crippen LogP contribution in [-0.2, 0) is 0 Å². The summed E-state index contributed by atoms with van der Waals surface area (Å²) in [4.78, 5) is 8.89. The van der Waals surface area contributed by atoms with Gasteiger partial charge in [-0.2, -0.15) is 4.98 Å². The molecule has 0 spiro atoms. The number of hydrogen-bond donors (Lipinski definition) is 3. The largest absolute Gasteiger partial charge is 1.00 e. The summed E-state index contributed by atoms with van der Waals surface area (Å²) in [7, 11) is 2.11. The summed E-state index contributed by atoms with van der Waals surface area (Å²) in [5.41, 5.74) is 7.71. The van der Waals surface area contributed by atoms with E-state index in [4.69, 9.17) is 21.8 Å². The van der Waals surface area contributed by atoms with Crippen molar-refractivity contribution in [2.45, 2.75) is 0 Å². The van der Waals surface area contributed by atoms with Crippen LogP contribution in [0.2, 0.25) is 5.02 Å². The van der Waals surface area contributed by atoms with Crippen molar-refractivity contribution >= 4 is 34.4 Å². The van der Waals surface area contributed by atoms with Crippen molar-refractivity contribution in [3.63, 3.8) is 0 Å². The molecule has 3 heterocycles. The minimum absolute atomic E-state index is 0. The standard InChI is InChI=1S/C12H15ClN4O.C4H10N2.BrH/c1-16-2-4-17(5-3-16)12-15-10-6-8(13)9(14)7-11(10)18-12;1-2-6-4-3-5-1;/h6-7H,2-5,14H2,1H3;5-6H,1-4H2;1H. The third-order valence-corrected chi connectivity index (χ3v) is 4.65. The van der Waals surface area contributed by atoms with E-state index in [0.29, 0.717) is 22.3 Å². The van der Waals surface area contributed by atoms with E-state index in [1.54, 1.807) is 12.1 Å².